The average molecular weight is 372 g/mol. The first-order valence-corrected chi connectivity index (χ1v) is 9.04. The molecule has 0 unspecified atom stereocenters. The molecule has 4 aromatic rings. The number of carbonyl (C=O) groups excluding carboxylic acids is 1. The Balaban J connectivity index is 1.68. The van der Waals surface area contributed by atoms with Crippen LogP contribution in [0.15, 0.2) is 71.3 Å². The van der Waals surface area contributed by atoms with Crippen molar-refractivity contribution in [1.29, 1.82) is 0 Å². The predicted molar refractivity (Wildman–Crippen MR) is 108 cm³/mol. The van der Waals surface area contributed by atoms with Gasteiger partial charge in [-0.25, -0.2) is 4.98 Å². The molecular formula is C22H20N4O2. The van der Waals surface area contributed by atoms with Crippen LogP contribution >= 0.6 is 0 Å². The number of hydrogen-bond donors (Lipinski definition) is 2. The quantitative estimate of drug-likeness (QED) is 0.559. The molecular weight excluding hydrogens is 352 g/mol. The fraction of sp³-hybridized carbons (Fsp3) is 0.136. The second-order valence-corrected chi connectivity index (χ2v) is 6.52. The van der Waals surface area contributed by atoms with E-state index in [1.807, 2.05) is 60.7 Å². The van der Waals surface area contributed by atoms with Gasteiger partial charge in [0.05, 0.1) is 0 Å². The summed E-state index contributed by atoms with van der Waals surface area (Å²) in [6, 6.07) is 20.7. The molecule has 0 fully saturated rings. The van der Waals surface area contributed by atoms with Crippen LogP contribution in [0.5, 0.6) is 0 Å². The molecule has 0 aliphatic heterocycles. The van der Waals surface area contributed by atoms with Gasteiger partial charge in [0.2, 0.25) is 0 Å². The zero-order chi connectivity index (χ0) is 19.5. The van der Waals surface area contributed by atoms with Gasteiger partial charge in [0.15, 0.2) is 5.58 Å². The van der Waals surface area contributed by atoms with E-state index in [-0.39, 0.29) is 11.9 Å². The number of para-hydroxylation sites is 1. The van der Waals surface area contributed by atoms with E-state index < -0.39 is 0 Å². The lowest BCUT2D eigenvalue weighted by atomic mass is 9.94. The summed E-state index contributed by atoms with van der Waals surface area (Å²) >= 11 is 0. The highest BCUT2D eigenvalue weighted by Crippen LogP contribution is 2.33. The van der Waals surface area contributed by atoms with Crippen LogP contribution in [0.1, 0.15) is 27.8 Å². The van der Waals surface area contributed by atoms with Gasteiger partial charge in [-0.1, -0.05) is 47.6 Å². The van der Waals surface area contributed by atoms with E-state index in [1.54, 1.807) is 13.1 Å². The number of nitrogens with two attached hydrogens (primary N) is 1. The van der Waals surface area contributed by atoms with Gasteiger partial charge in [-0.3, -0.25) is 4.79 Å². The van der Waals surface area contributed by atoms with Gasteiger partial charge in [-0.15, -0.1) is 0 Å². The first kappa shape index (κ1) is 17.9. The summed E-state index contributed by atoms with van der Waals surface area (Å²) in [4.78, 5) is 16.3. The highest BCUT2D eigenvalue weighted by molar-refractivity contribution is 5.92. The van der Waals surface area contributed by atoms with Crippen LogP contribution in [-0.2, 0) is 6.42 Å². The maximum absolute atomic E-state index is 11.8. The Labute approximate surface area is 162 Å². The summed E-state index contributed by atoms with van der Waals surface area (Å²) in [5.74, 6) is -0.218. The Morgan fingerprint density at radius 1 is 1.07 bits per heavy atom. The Bertz CT molecular complexity index is 1140. The molecule has 1 amide bonds. The number of fused-ring (bicyclic) bond motifs is 1. The summed E-state index contributed by atoms with van der Waals surface area (Å²) in [5, 5.41) is 7.80. The van der Waals surface area contributed by atoms with Gasteiger partial charge in [0, 0.05) is 36.2 Å². The summed E-state index contributed by atoms with van der Waals surface area (Å²) in [5.41, 5.74) is 11.1. The van der Waals surface area contributed by atoms with Crippen molar-refractivity contribution in [3.05, 3.63) is 83.7 Å². The van der Waals surface area contributed by atoms with Gasteiger partial charge in [0.25, 0.3) is 5.91 Å². The van der Waals surface area contributed by atoms with E-state index in [2.05, 4.69) is 15.5 Å². The number of pyridine rings is 1. The van der Waals surface area contributed by atoms with Crippen LogP contribution in [-0.4, -0.2) is 23.1 Å². The zero-order valence-corrected chi connectivity index (χ0v) is 15.4. The Hall–Kier alpha value is -3.51. The molecule has 6 heteroatoms. The third-order valence-corrected chi connectivity index (χ3v) is 4.69. The number of amides is 1. The number of benzene rings is 2. The lowest BCUT2D eigenvalue weighted by molar-refractivity contribution is 0.0958. The molecule has 0 aliphatic carbocycles. The fourth-order valence-electron chi connectivity index (χ4n) is 3.30. The van der Waals surface area contributed by atoms with Crippen LogP contribution < -0.4 is 11.1 Å². The van der Waals surface area contributed by atoms with Gasteiger partial charge < -0.3 is 15.6 Å². The number of hydrogen-bond acceptors (Lipinski definition) is 5. The van der Waals surface area contributed by atoms with Crippen LogP contribution in [0.4, 0.5) is 0 Å². The molecule has 6 nitrogen and oxygen atoms in total. The number of rotatable bonds is 5. The number of aromatic nitrogens is 2. The Morgan fingerprint density at radius 2 is 1.86 bits per heavy atom. The number of nitrogens with one attached hydrogen (secondary N) is 1. The molecule has 0 saturated heterocycles. The minimum absolute atomic E-state index is 0.218. The van der Waals surface area contributed by atoms with Crippen LogP contribution in [0.3, 0.4) is 0 Å². The highest BCUT2D eigenvalue weighted by Gasteiger charge is 2.18. The zero-order valence-electron chi connectivity index (χ0n) is 15.4. The molecule has 0 bridgehead atoms. The standard InChI is InChI=1S/C22H20N4O2/c1-24-22(27)19-11-6-7-14(25-19)13-18(23)15-8-2-3-9-16(15)21-17-10-4-5-12-20(17)28-26-21/h2-12,18H,13,23H2,1H3,(H,24,27)/t18-/m0/s1. The molecule has 3 N–H and O–H groups in total. The minimum Gasteiger partial charge on any atom is -0.356 e. The summed E-state index contributed by atoms with van der Waals surface area (Å²) in [6.07, 6.45) is 0.498. The Morgan fingerprint density at radius 3 is 2.71 bits per heavy atom. The van der Waals surface area contributed by atoms with Crippen molar-refractivity contribution in [1.82, 2.24) is 15.5 Å². The second kappa shape index (κ2) is 7.62. The van der Waals surface area contributed by atoms with Gasteiger partial charge in [0.1, 0.15) is 11.4 Å². The van der Waals surface area contributed by atoms with E-state index in [1.165, 1.54) is 0 Å². The molecule has 28 heavy (non-hydrogen) atoms. The van der Waals surface area contributed by atoms with E-state index in [9.17, 15) is 4.79 Å². The minimum atomic E-state index is -0.306. The summed E-state index contributed by atoms with van der Waals surface area (Å²) in [6.45, 7) is 0. The first-order chi connectivity index (χ1) is 13.7. The third-order valence-electron chi connectivity index (χ3n) is 4.69. The van der Waals surface area contributed by atoms with Crippen molar-refractivity contribution >= 4 is 16.9 Å². The van der Waals surface area contributed by atoms with Gasteiger partial charge in [-0.2, -0.15) is 0 Å². The molecule has 2 aromatic carbocycles. The Kier molecular flexibility index (Phi) is 4.87. The predicted octanol–water partition coefficient (Wildman–Crippen LogP) is 3.49. The van der Waals surface area contributed by atoms with Crippen molar-refractivity contribution in [3.8, 4) is 11.3 Å². The largest absolute Gasteiger partial charge is 0.356 e. The molecule has 4 rings (SSSR count). The molecule has 0 spiro atoms. The van der Waals surface area contributed by atoms with Crippen molar-refractivity contribution in [3.63, 3.8) is 0 Å². The second-order valence-electron chi connectivity index (χ2n) is 6.52. The van der Waals surface area contributed by atoms with Crippen LogP contribution in [0.25, 0.3) is 22.2 Å². The normalized spacial score (nSPS) is 12.1. The summed E-state index contributed by atoms with van der Waals surface area (Å²) < 4.78 is 5.46. The van der Waals surface area contributed by atoms with Gasteiger partial charge >= 0.3 is 0 Å². The van der Waals surface area contributed by atoms with E-state index >= 15 is 0 Å². The number of nitrogens with zero attached hydrogens (tertiary/aromatic N) is 2. The number of carbonyl (C=O) groups is 1. The molecule has 1 atom stereocenters. The van der Waals surface area contributed by atoms with E-state index in [4.69, 9.17) is 10.3 Å². The molecule has 140 valence electrons. The molecule has 0 radical (unpaired) electrons. The summed E-state index contributed by atoms with van der Waals surface area (Å²) in [7, 11) is 1.58. The molecule has 0 saturated carbocycles. The molecule has 2 aromatic heterocycles. The lowest BCUT2D eigenvalue weighted by Crippen LogP contribution is -2.20. The van der Waals surface area contributed by atoms with E-state index in [0.717, 1.165) is 33.5 Å². The maximum Gasteiger partial charge on any atom is 0.269 e. The van der Waals surface area contributed by atoms with Crippen LogP contribution in [0, 0.1) is 0 Å². The first-order valence-electron chi connectivity index (χ1n) is 9.04. The van der Waals surface area contributed by atoms with Crippen LogP contribution in [0.2, 0.25) is 0 Å². The van der Waals surface area contributed by atoms with Crippen molar-refractivity contribution < 1.29 is 9.32 Å². The monoisotopic (exact) mass is 372 g/mol. The smallest absolute Gasteiger partial charge is 0.269 e. The highest BCUT2D eigenvalue weighted by atomic mass is 16.5. The van der Waals surface area contributed by atoms with Crippen molar-refractivity contribution in [2.45, 2.75) is 12.5 Å². The average Bonchev–Trinajstić information content (AvgIpc) is 3.17. The lowest BCUT2D eigenvalue weighted by Gasteiger charge is -2.15. The van der Waals surface area contributed by atoms with Crippen molar-refractivity contribution in [2.75, 3.05) is 7.05 Å². The SMILES string of the molecule is CNC(=O)c1cccc(C[C@H](N)c2ccccc2-c2noc3ccccc23)n1. The fourth-order valence-corrected chi connectivity index (χ4v) is 3.30. The topological polar surface area (TPSA) is 94.0 Å². The van der Waals surface area contributed by atoms with E-state index in [0.29, 0.717) is 12.1 Å². The molecule has 2 heterocycles. The van der Waals surface area contributed by atoms with Crippen molar-refractivity contribution in [2.24, 2.45) is 5.73 Å². The third kappa shape index (κ3) is 3.37. The molecule has 0 aliphatic rings. The van der Waals surface area contributed by atoms with Gasteiger partial charge in [-0.05, 0) is 29.8 Å². The maximum atomic E-state index is 11.8.